The molecule has 15 nitrogen and oxygen atoms in total. The summed E-state index contributed by atoms with van der Waals surface area (Å²) in [6, 6.07) is 30.0. The standard InChI is InChI=1S/C36H45N5O7.C11H13NO2/c1-3-39(21-28-12-14-31-33(18-28)48-25-46-31)35(43)22-40(16-8-7-15-37)36(44)23-41(26(2)29-9-5-4-6-10-29)34(42)20-38-19-27-11-13-30-32(17-27)47-24-45-30;1-10(12(9-14)7-8-13)11-5-3-2-4-6-11/h4-6,9-14,17-18,26,38H,3,7-8,15-16,19-25,37H2,1-2H3;2-6,8-10H,7H2,1H3. The highest BCUT2D eigenvalue weighted by Gasteiger charge is 2.28. The van der Waals surface area contributed by atoms with Crippen molar-refractivity contribution < 1.29 is 42.9 Å². The summed E-state index contributed by atoms with van der Waals surface area (Å²) in [5.74, 6) is 1.98. The number of benzene rings is 4. The molecule has 0 aromatic heterocycles. The number of nitrogens with zero attached hydrogens (tertiary/aromatic N) is 4. The maximum atomic E-state index is 14.0. The normalized spacial score (nSPS) is 12.9. The highest BCUT2D eigenvalue weighted by Crippen LogP contribution is 2.33. The average Bonchev–Trinajstić information content (AvgIpc) is 3.98. The Kier molecular flexibility index (Phi) is 18.1. The summed E-state index contributed by atoms with van der Waals surface area (Å²) in [4.78, 5) is 68.6. The van der Waals surface area contributed by atoms with Crippen molar-refractivity contribution >= 4 is 30.4 Å². The van der Waals surface area contributed by atoms with E-state index in [1.54, 1.807) is 14.7 Å². The minimum Gasteiger partial charge on any atom is -0.454 e. The van der Waals surface area contributed by atoms with Gasteiger partial charge in [0.1, 0.15) is 12.8 Å². The Hall–Kier alpha value is -6.45. The van der Waals surface area contributed by atoms with E-state index in [4.69, 9.17) is 24.7 Å². The number of carbonyl (C=O) groups excluding carboxylic acids is 5. The van der Waals surface area contributed by atoms with E-state index in [0.717, 1.165) is 28.5 Å². The van der Waals surface area contributed by atoms with Gasteiger partial charge in [0.2, 0.25) is 37.7 Å². The highest BCUT2D eigenvalue weighted by molar-refractivity contribution is 5.89. The van der Waals surface area contributed by atoms with Crippen LogP contribution in [0.5, 0.6) is 23.0 Å². The summed E-state index contributed by atoms with van der Waals surface area (Å²) in [5.41, 5.74) is 9.53. The number of unbranched alkanes of at least 4 members (excludes halogenated alkanes) is 1. The number of hydrogen-bond acceptors (Lipinski definition) is 11. The lowest BCUT2D eigenvalue weighted by Crippen LogP contribution is -2.49. The van der Waals surface area contributed by atoms with Gasteiger partial charge in [-0.3, -0.25) is 19.2 Å². The van der Waals surface area contributed by atoms with Crippen LogP contribution in [0, 0.1) is 0 Å². The molecular formula is C47H58N6O9. The number of carbonyl (C=O) groups is 5. The summed E-state index contributed by atoms with van der Waals surface area (Å²) in [5, 5.41) is 3.21. The van der Waals surface area contributed by atoms with Gasteiger partial charge in [-0.1, -0.05) is 72.8 Å². The van der Waals surface area contributed by atoms with Gasteiger partial charge in [0.15, 0.2) is 23.0 Å². The highest BCUT2D eigenvalue weighted by atomic mass is 16.7. The second-order valence-corrected chi connectivity index (χ2v) is 14.9. The van der Waals surface area contributed by atoms with Crippen molar-refractivity contribution in [2.75, 3.05) is 59.4 Å². The van der Waals surface area contributed by atoms with E-state index < -0.39 is 0 Å². The molecule has 4 aromatic carbocycles. The van der Waals surface area contributed by atoms with Gasteiger partial charge in [-0.15, -0.1) is 0 Å². The van der Waals surface area contributed by atoms with E-state index in [1.165, 1.54) is 4.90 Å². The topological polar surface area (TPSA) is 173 Å². The van der Waals surface area contributed by atoms with Crippen LogP contribution in [-0.2, 0) is 37.1 Å². The predicted molar refractivity (Wildman–Crippen MR) is 233 cm³/mol. The number of ether oxygens (including phenoxy) is 4. The Morgan fingerprint density at radius 2 is 1.26 bits per heavy atom. The van der Waals surface area contributed by atoms with E-state index in [1.807, 2.05) is 118 Å². The van der Waals surface area contributed by atoms with Gasteiger partial charge < -0.3 is 54.4 Å². The first-order valence-electron chi connectivity index (χ1n) is 20.9. The molecule has 0 spiro atoms. The second kappa shape index (κ2) is 24.1. The van der Waals surface area contributed by atoms with Gasteiger partial charge >= 0.3 is 0 Å². The van der Waals surface area contributed by atoms with Crippen LogP contribution in [-0.4, -0.2) is 109 Å². The van der Waals surface area contributed by atoms with E-state index in [2.05, 4.69) is 5.32 Å². The number of likely N-dealkylation sites (N-methyl/N-ethyl adjacent to an activating group) is 1. The van der Waals surface area contributed by atoms with Gasteiger partial charge in [-0.05, 0) is 86.7 Å². The Morgan fingerprint density at radius 1 is 0.694 bits per heavy atom. The van der Waals surface area contributed by atoms with Crippen molar-refractivity contribution in [1.82, 2.24) is 24.9 Å². The largest absolute Gasteiger partial charge is 0.454 e. The monoisotopic (exact) mass is 850 g/mol. The molecule has 2 atom stereocenters. The average molecular weight is 851 g/mol. The first-order valence-corrected chi connectivity index (χ1v) is 20.9. The van der Waals surface area contributed by atoms with Crippen LogP contribution in [0.15, 0.2) is 97.1 Å². The maximum Gasteiger partial charge on any atom is 0.242 e. The van der Waals surface area contributed by atoms with Crippen molar-refractivity contribution in [1.29, 1.82) is 0 Å². The number of fused-ring (bicyclic) bond motifs is 2. The van der Waals surface area contributed by atoms with Gasteiger partial charge in [-0.25, -0.2) is 0 Å². The molecule has 0 saturated carbocycles. The number of nitrogens with one attached hydrogen (secondary N) is 1. The molecule has 0 fully saturated rings. The third-order valence-corrected chi connectivity index (χ3v) is 10.7. The number of nitrogens with two attached hydrogens (primary N) is 1. The summed E-state index contributed by atoms with van der Waals surface area (Å²) in [6.45, 7) is 8.04. The second-order valence-electron chi connectivity index (χ2n) is 14.9. The molecule has 0 saturated heterocycles. The molecular weight excluding hydrogens is 793 g/mol. The Morgan fingerprint density at radius 3 is 1.84 bits per heavy atom. The number of aldehydes is 1. The Labute approximate surface area is 363 Å². The van der Waals surface area contributed by atoms with E-state index in [9.17, 15) is 24.0 Å². The maximum absolute atomic E-state index is 14.0. The predicted octanol–water partition coefficient (Wildman–Crippen LogP) is 4.84. The lowest BCUT2D eigenvalue weighted by molar-refractivity contribution is -0.145. The minimum atomic E-state index is -0.380. The number of rotatable bonds is 22. The van der Waals surface area contributed by atoms with E-state index >= 15 is 0 Å². The molecule has 4 amide bonds. The molecule has 2 aliphatic rings. The van der Waals surface area contributed by atoms with Crippen LogP contribution in [0.2, 0.25) is 0 Å². The number of hydrogen-bond donors (Lipinski definition) is 2. The minimum absolute atomic E-state index is 0.0180. The number of amides is 4. The molecule has 2 aliphatic heterocycles. The quantitative estimate of drug-likeness (QED) is 0.0819. The molecule has 4 aromatic rings. The van der Waals surface area contributed by atoms with Crippen molar-refractivity contribution in [2.24, 2.45) is 5.73 Å². The Balaban J connectivity index is 0.000000441. The molecule has 15 heteroatoms. The van der Waals surface area contributed by atoms with E-state index in [-0.39, 0.29) is 69.6 Å². The molecule has 3 N–H and O–H groups in total. The summed E-state index contributed by atoms with van der Waals surface area (Å²) in [6.07, 6.45) is 2.78. The van der Waals surface area contributed by atoms with Gasteiger partial charge in [0.25, 0.3) is 0 Å². The van der Waals surface area contributed by atoms with Crippen molar-refractivity contribution in [2.45, 2.75) is 58.8 Å². The molecule has 0 radical (unpaired) electrons. The van der Waals surface area contributed by atoms with Gasteiger partial charge in [0, 0.05) is 26.2 Å². The van der Waals surface area contributed by atoms with Crippen LogP contribution in [0.3, 0.4) is 0 Å². The fourth-order valence-electron chi connectivity index (χ4n) is 7.00. The lowest BCUT2D eigenvalue weighted by Gasteiger charge is -2.33. The van der Waals surface area contributed by atoms with Gasteiger partial charge in [0.05, 0.1) is 31.7 Å². The molecule has 2 unspecified atom stereocenters. The molecule has 62 heavy (non-hydrogen) atoms. The fraction of sp³-hybridized carbons (Fsp3) is 0.383. The van der Waals surface area contributed by atoms with Crippen molar-refractivity contribution in [3.63, 3.8) is 0 Å². The molecule has 0 bridgehead atoms. The molecule has 0 aliphatic carbocycles. The molecule has 6 rings (SSSR count). The summed E-state index contributed by atoms with van der Waals surface area (Å²) < 4.78 is 21.8. The molecule has 2 heterocycles. The van der Waals surface area contributed by atoms with Gasteiger partial charge in [-0.2, -0.15) is 0 Å². The van der Waals surface area contributed by atoms with Crippen LogP contribution in [0.1, 0.15) is 68.0 Å². The third kappa shape index (κ3) is 13.3. The van der Waals surface area contributed by atoms with Crippen LogP contribution in [0.25, 0.3) is 0 Å². The Bertz CT molecular complexity index is 2070. The third-order valence-electron chi connectivity index (χ3n) is 10.7. The fourth-order valence-corrected chi connectivity index (χ4v) is 7.00. The smallest absolute Gasteiger partial charge is 0.242 e. The SMILES string of the molecule is CC(c1ccccc1)N(C=O)CC=O.CCN(Cc1ccc2c(c1)OCO2)C(=O)CN(CCCCN)C(=O)CN(C(=O)CNCc1ccc2c(c1)OCO2)C(C)c1ccccc1. The van der Waals surface area contributed by atoms with Crippen molar-refractivity contribution in [3.8, 4) is 23.0 Å². The summed E-state index contributed by atoms with van der Waals surface area (Å²) >= 11 is 0. The zero-order chi connectivity index (χ0) is 44.3. The molecule has 330 valence electrons. The van der Waals surface area contributed by atoms with Crippen LogP contribution < -0.4 is 30.0 Å². The first kappa shape index (κ1) is 46.6. The zero-order valence-corrected chi connectivity index (χ0v) is 35.8. The van der Waals surface area contributed by atoms with E-state index in [0.29, 0.717) is 75.0 Å². The summed E-state index contributed by atoms with van der Waals surface area (Å²) in [7, 11) is 0. The van der Waals surface area contributed by atoms with Crippen molar-refractivity contribution in [3.05, 3.63) is 119 Å². The lowest BCUT2D eigenvalue weighted by atomic mass is 10.1. The first-order chi connectivity index (χ1) is 30.1. The zero-order valence-electron chi connectivity index (χ0n) is 35.8. The van der Waals surface area contributed by atoms with Crippen LogP contribution >= 0.6 is 0 Å². The van der Waals surface area contributed by atoms with Crippen LogP contribution in [0.4, 0.5) is 0 Å².